The van der Waals surface area contributed by atoms with Gasteiger partial charge in [0, 0.05) is 6.04 Å². The fourth-order valence-electron chi connectivity index (χ4n) is 5.02. The van der Waals surface area contributed by atoms with E-state index in [0.29, 0.717) is 17.5 Å². The minimum Gasteiger partial charge on any atom is -0.408 e. The zero-order valence-electron chi connectivity index (χ0n) is 15.8. The van der Waals surface area contributed by atoms with Crippen molar-refractivity contribution in [2.45, 2.75) is 82.6 Å². The highest BCUT2D eigenvalue weighted by Gasteiger charge is 2.22. The van der Waals surface area contributed by atoms with Gasteiger partial charge in [0.15, 0.2) is 5.58 Å². The van der Waals surface area contributed by atoms with Crippen molar-refractivity contribution in [1.82, 2.24) is 10.3 Å². The van der Waals surface area contributed by atoms with Crippen LogP contribution in [-0.2, 0) is 0 Å². The van der Waals surface area contributed by atoms with Gasteiger partial charge in [0.1, 0.15) is 0 Å². The third kappa shape index (κ3) is 4.40. The van der Waals surface area contributed by atoms with Crippen LogP contribution in [0.4, 0.5) is 0 Å². The van der Waals surface area contributed by atoms with Crippen LogP contribution in [0.5, 0.6) is 0 Å². The third-order valence-electron chi connectivity index (χ3n) is 6.59. The standard InChI is InChI=1S/C22H32N2O2/c25-22-24-20-13-10-18(15-21(20)26-22)17-8-11-19(12-9-17)23-14-4-7-16-5-2-1-3-6-16/h10,13,15-17,19,23H,1-9,11-12,14H2,(H,24,25). The number of fused-ring (bicyclic) bond motifs is 1. The molecule has 1 heterocycles. The van der Waals surface area contributed by atoms with Crippen molar-refractivity contribution in [2.75, 3.05) is 6.54 Å². The Morgan fingerprint density at radius 3 is 2.65 bits per heavy atom. The topological polar surface area (TPSA) is 58.0 Å². The minimum absolute atomic E-state index is 0.363. The van der Waals surface area contributed by atoms with Crippen molar-refractivity contribution in [3.63, 3.8) is 0 Å². The van der Waals surface area contributed by atoms with Gasteiger partial charge in [-0.05, 0) is 74.6 Å². The van der Waals surface area contributed by atoms with E-state index in [0.717, 1.165) is 11.4 Å². The highest BCUT2D eigenvalue weighted by Crippen LogP contribution is 2.34. The molecule has 1 aromatic carbocycles. The molecular weight excluding hydrogens is 324 g/mol. The highest BCUT2D eigenvalue weighted by molar-refractivity contribution is 5.72. The largest absolute Gasteiger partial charge is 0.417 e. The van der Waals surface area contributed by atoms with Gasteiger partial charge < -0.3 is 9.73 Å². The molecule has 2 fully saturated rings. The molecule has 4 rings (SSSR count). The van der Waals surface area contributed by atoms with Crippen molar-refractivity contribution in [3.8, 4) is 0 Å². The molecule has 0 aliphatic heterocycles. The summed E-state index contributed by atoms with van der Waals surface area (Å²) in [7, 11) is 0. The molecule has 0 saturated heterocycles. The van der Waals surface area contributed by atoms with E-state index in [1.165, 1.54) is 82.7 Å². The fourth-order valence-corrected chi connectivity index (χ4v) is 5.02. The third-order valence-corrected chi connectivity index (χ3v) is 6.59. The normalized spacial score (nSPS) is 24.9. The molecule has 0 spiro atoms. The summed E-state index contributed by atoms with van der Waals surface area (Å²) in [6, 6.07) is 6.86. The van der Waals surface area contributed by atoms with Crippen LogP contribution in [0.15, 0.2) is 27.4 Å². The predicted molar refractivity (Wildman–Crippen MR) is 106 cm³/mol. The summed E-state index contributed by atoms with van der Waals surface area (Å²) < 4.78 is 5.21. The number of benzene rings is 1. The first kappa shape index (κ1) is 17.8. The van der Waals surface area contributed by atoms with Gasteiger partial charge in [0.25, 0.3) is 0 Å². The number of oxazole rings is 1. The zero-order valence-corrected chi connectivity index (χ0v) is 15.8. The summed E-state index contributed by atoms with van der Waals surface area (Å²) in [5, 5.41) is 3.80. The van der Waals surface area contributed by atoms with Crippen molar-refractivity contribution < 1.29 is 4.42 Å². The SMILES string of the molecule is O=c1[nH]c2ccc(C3CCC(NCCCC4CCCCC4)CC3)cc2o1. The molecule has 0 unspecified atom stereocenters. The smallest absolute Gasteiger partial charge is 0.408 e. The van der Waals surface area contributed by atoms with Gasteiger partial charge in [0.2, 0.25) is 0 Å². The lowest BCUT2D eigenvalue weighted by molar-refractivity contribution is 0.312. The number of rotatable bonds is 6. The van der Waals surface area contributed by atoms with Gasteiger partial charge >= 0.3 is 5.76 Å². The Morgan fingerprint density at radius 1 is 1.04 bits per heavy atom. The number of hydrogen-bond donors (Lipinski definition) is 2. The van der Waals surface area contributed by atoms with Crippen LogP contribution >= 0.6 is 0 Å². The molecule has 0 bridgehead atoms. The monoisotopic (exact) mass is 356 g/mol. The van der Waals surface area contributed by atoms with E-state index in [2.05, 4.69) is 22.4 Å². The first-order chi connectivity index (χ1) is 12.8. The quantitative estimate of drug-likeness (QED) is 0.708. The molecule has 0 atom stereocenters. The van der Waals surface area contributed by atoms with Gasteiger partial charge in [-0.15, -0.1) is 0 Å². The van der Waals surface area contributed by atoms with Crippen LogP contribution in [0.25, 0.3) is 11.1 Å². The summed E-state index contributed by atoms with van der Waals surface area (Å²) in [4.78, 5) is 14.0. The average molecular weight is 357 g/mol. The lowest BCUT2D eigenvalue weighted by Gasteiger charge is -2.30. The van der Waals surface area contributed by atoms with Crippen LogP contribution in [0.3, 0.4) is 0 Å². The summed E-state index contributed by atoms with van der Waals surface area (Å²) >= 11 is 0. The first-order valence-electron chi connectivity index (χ1n) is 10.6. The molecule has 1 aromatic heterocycles. The molecule has 0 amide bonds. The van der Waals surface area contributed by atoms with Crippen molar-refractivity contribution >= 4 is 11.1 Å². The van der Waals surface area contributed by atoms with Crippen molar-refractivity contribution in [3.05, 3.63) is 34.3 Å². The molecule has 4 heteroatoms. The summed E-state index contributed by atoms with van der Waals surface area (Å²) in [6.45, 7) is 1.19. The number of aromatic amines is 1. The van der Waals surface area contributed by atoms with Gasteiger partial charge in [-0.25, -0.2) is 4.79 Å². The van der Waals surface area contributed by atoms with Crippen LogP contribution in [-0.4, -0.2) is 17.6 Å². The second kappa shape index (κ2) is 8.43. The molecule has 26 heavy (non-hydrogen) atoms. The second-order valence-corrected chi connectivity index (χ2v) is 8.42. The minimum atomic E-state index is -0.363. The summed E-state index contributed by atoms with van der Waals surface area (Å²) in [5.74, 6) is 1.24. The number of hydrogen-bond acceptors (Lipinski definition) is 3. The van der Waals surface area contributed by atoms with E-state index in [1.807, 2.05) is 6.07 Å². The Kier molecular flexibility index (Phi) is 5.78. The maximum atomic E-state index is 11.3. The highest BCUT2D eigenvalue weighted by atomic mass is 16.4. The maximum Gasteiger partial charge on any atom is 0.417 e. The Labute approximate surface area is 155 Å². The molecule has 2 aliphatic rings. The van der Waals surface area contributed by atoms with Gasteiger partial charge in [0.05, 0.1) is 5.52 Å². The van der Waals surface area contributed by atoms with E-state index < -0.39 is 0 Å². The van der Waals surface area contributed by atoms with Crippen molar-refractivity contribution in [1.29, 1.82) is 0 Å². The Morgan fingerprint density at radius 2 is 1.85 bits per heavy atom. The molecule has 2 saturated carbocycles. The fraction of sp³-hybridized carbons (Fsp3) is 0.682. The molecule has 142 valence electrons. The molecule has 2 N–H and O–H groups in total. The molecule has 0 radical (unpaired) electrons. The Hall–Kier alpha value is -1.55. The lowest BCUT2D eigenvalue weighted by Crippen LogP contribution is -2.33. The van der Waals surface area contributed by atoms with Crippen LogP contribution < -0.4 is 11.1 Å². The van der Waals surface area contributed by atoms with Crippen LogP contribution in [0.1, 0.15) is 82.1 Å². The van der Waals surface area contributed by atoms with Crippen molar-refractivity contribution in [2.24, 2.45) is 5.92 Å². The van der Waals surface area contributed by atoms with E-state index >= 15 is 0 Å². The first-order valence-corrected chi connectivity index (χ1v) is 10.6. The number of aromatic nitrogens is 1. The second-order valence-electron chi connectivity index (χ2n) is 8.42. The lowest BCUT2D eigenvalue weighted by atomic mass is 9.81. The number of nitrogens with one attached hydrogen (secondary N) is 2. The Balaban J connectivity index is 1.20. The number of H-pyrrole nitrogens is 1. The van der Waals surface area contributed by atoms with E-state index in [-0.39, 0.29) is 5.76 Å². The van der Waals surface area contributed by atoms with Gasteiger partial charge in [-0.2, -0.15) is 0 Å². The van der Waals surface area contributed by atoms with E-state index in [1.54, 1.807) is 0 Å². The van der Waals surface area contributed by atoms with Crippen LogP contribution in [0, 0.1) is 5.92 Å². The Bertz CT molecular complexity index is 749. The molecule has 2 aliphatic carbocycles. The maximum absolute atomic E-state index is 11.3. The van der Waals surface area contributed by atoms with Crippen LogP contribution in [0.2, 0.25) is 0 Å². The predicted octanol–water partition coefficient (Wildman–Crippen LogP) is 5.10. The molecule has 2 aromatic rings. The zero-order chi connectivity index (χ0) is 17.8. The van der Waals surface area contributed by atoms with Gasteiger partial charge in [-0.1, -0.05) is 38.2 Å². The van der Waals surface area contributed by atoms with E-state index in [4.69, 9.17) is 4.42 Å². The van der Waals surface area contributed by atoms with Gasteiger partial charge in [-0.3, -0.25) is 4.98 Å². The summed E-state index contributed by atoms with van der Waals surface area (Å²) in [6.07, 6.45) is 15.0. The average Bonchev–Trinajstić information content (AvgIpc) is 3.06. The van der Waals surface area contributed by atoms with E-state index in [9.17, 15) is 4.79 Å². The molecule has 4 nitrogen and oxygen atoms in total. The molecular formula is C22H32N2O2. The summed E-state index contributed by atoms with van der Waals surface area (Å²) in [5.41, 5.74) is 2.80.